The maximum Gasteiger partial charge on any atom is 0.250 e. The van der Waals surface area contributed by atoms with Crippen molar-refractivity contribution in [2.75, 3.05) is 19.6 Å². The van der Waals surface area contributed by atoms with Gasteiger partial charge in [-0.3, -0.25) is 4.79 Å². The molecule has 1 aliphatic heterocycles. The Morgan fingerprint density at radius 1 is 1.00 bits per heavy atom. The van der Waals surface area contributed by atoms with Gasteiger partial charge < -0.3 is 14.8 Å². The number of pyridine rings is 1. The van der Waals surface area contributed by atoms with Crippen molar-refractivity contribution in [2.45, 2.75) is 32.4 Å². The van der Waals surface area contributed by atoms with E-state index in [0.717, 1.165) is 37.6 Å². The summed E-state index contributed by atoms with van der Waals surface area (Å²) in [6.07, 6.45) is 2.98. The highest BCUT2D eigenvalue weighted by atomic mass is 16.1. The first-order valence-electron chi connectivity index (χ1n) is 11.0. The van der Waals surface area contributed by atoms with Gasteiger partial charge in [0, 0.05) is 37.8 Å². The van der Waals surface area contributed by atoms with Gasteiger partial charge in [-0.05, 0) is 36.1 Å². The SMILES string of the molecule is CCNC(=NCc1ccc(Cn2ccccc2=O)cc1)N1CCC(c2ccccc2)C1. The fourth-order valence-electron chi connectivity index (χ4n) is 4.08. The van der Waals surface area contributed by atoms with Crippen molar-refractivity contribution >= 4 is 5.96 Å². The molecule has 1 aromatic heterocycles. The van der Waals surface area contributed by atoms with E-state index in [4.69, 9.17) is 4.99 Å². The zero-order chi connectivity index (χ0) is 21.5. The van der Waals surface area contributed by atoms with E-state index in [2.05, 4.69) is 71.7 Å². The molecule has 2 aromatic carbocycles. The molecule has 2 heterocycles. The Bertz CT molecular complexity index is 1060. The summed E-state index contributed by atoms with van der Waals surface area (Å²) < 4.78 is 1.72. The van der Waals surface area contributed by atoms with Crippen molar-refractivity contribution in [3.05, 3.63) is 106 Å². The molecule has 1 N–H and O–H groups in total. The highest BCUT2D eigenvalue weighted by molar-refractivity contribution is 5.80. The first kappa shape index (κ1) is 20.9. The third-order valence-corrected chi connectivity index (χ3v) is 5.78. The molecule has 1 aliphatic rings. The second kappa shape index (κ2) is 10.1. The van der Waals surface area contributed by atoms with Crippen molar-refractivity contribution in [3.8, 4) is 0 Å². The van der Waals surface area contributed by atoms with Gasteiger partial charge in [0.15, 0.2) is 5.96 Å². The first-order valence-corrected chi connectivity index (χ1v) is 11.0. The molecule has 5 nitrogen and oxygen atoms in total. The molecule has 0 radical (unpaired) electrons. The molecule has 160 valence electrons. The third-order valence-electron chi connectivity index (χ3n) is 5.78. The monoisotopic (exact) mass is 414 g/mol. The molecule has 1 unspecified atom stereocenters. The summed E-state index contributed by atoms with van der Waals surface area (Å²) >= 11 is 0. The van der Waals surface area contributed by atoms with Crippen LogP contribution in [0.2, 0.25) is 0 Å². The summed E-state index contributed by atoms with van der Waals surface area (Å²) in [5.74, 6) is 1.55. The summed E-state index contributed by atoms with van der Waals surface area (Å²) in [5.41, 5.74) is 3.70. The van der Waals surface area contributed by atoms with Crippen LogP contribution in [0, 0.1) is 0 Å². The lowest BCUT2D eigenvalue weighted by molar-refractivity contribution is 0.486. The van der Waals surface area contributed by atoms with E-state index >= 15 is 0 Å². The molecule has 1 atom stereocenters. The van der Waals surface area contributed by atoms with Gasteiger partial charge in [-0.2, -0.15) is 0 Å². The maximum absolute atomic E-state index is 11.9. The number of aliphatic imine (C=N–C) groups is 1. The van der Waals surface area contributed by atoms with Crippen LogP contribution in [0.3, 0.4) is 0 Å². The van der Waals surface area contributed by atoms with Gasteiger partial charge in [0.25, 0.3) is 5.56 Å². The number of aromatic nitrogens is 1. The average molecular weight is 415 g/mol. The number of hydrogen-bond acceptors (Lipinski definition) is 2. The van der Waals surface area contributed by atoms with Crippen molar-refractivity contribution in [1.29, 1.82) is 0 Å². The van der Waals surface area contributed by atoms with E-state index in [0.29, 0.717) is 19.0 Å². The maximum atomic E-state index is 11.9. The standard InChI is InChI=1S/C26H30N4O/c1-2-27-26(30-17-15-24(20-30)23-8-4-3-5-9-23)28-18-21-11-13-22(14-12-21)19-29-16-7-6-10-25(29)31/h3-14,16,24H,2,15,17-20H2,1H3,(H,27,28). The quantitative estimate of drug-likeness (QED) is 0.492. The van der Waals surface area contributed by atoms with Crippen molar-refractivity contribution in [3.63, 3.8) is 0 Å². The highest BCUT2D eigenvalue weighted by Crippen LogP contribution is 2.27. The molecule has 31 heavy (non-hydrogen) atoms. The first-order chi connectivity index (χ1) is 15.2. The van der Waals surface area contributed by atoms with Crippen LogP contribution in [-0.4, -0.2) is 35.1 Å². The van der Waals surface area contributed by atoms with Crippen molar-refractivity contribution in [1.82, 2.24) is 14.8 Å². The number of nitrogens with zero attached hydrogens (tertiary/aromatic N) is 3. The van der Waals surface area contributed by atoms with Gasteiger partial charge in [0.05, 0.1) is 13.1 Å². The molecule has 1 saturated heterocycles. The largest absolute Gasteiger partial charge is 0.357 e. The molecular weight excluding hydrogens is 384 g/mol. The van der Waals surface area contributed by atoms with Crippen LogP contribution in [0.25, 0.3) is 0 Å². The number of benzene rings is 2. The minimum atomic E-state index is 0.0193. The summed E-state index contributed by atoms with van der Waals surface area (Å²) in [6, 6.07) is 24.4. The van der Waals surface area contributed by atoms with Crippen LogP contribution in [0.4, 0.5) is 0 Å². The van der Waals surface area contributed by atoms with E-state index in [-0.39, 0.29) is 5.56 Å². The van der Waals surface area contributed by atoms with Gasteiger partial charge in [-0.15, -0.1) is 0 Å². The fraction of sp³-hybridized carbons (Fsp3) is 0.308. The van der Waals surface area contributed by atoms with Crippen LogP contribution >= 0.6 is 0 Å². The van der Waals surface area contributed by atoms with Gasteiger partial charge in [0.1, 0.15) is 0 Å². The van der Waals surface area contributed by atoms with E-state index in [1.807, 2.05) is 12.3 Å². The molecular formula is C26H30N4O. The van der Waals surface area contributed by atoms with Crippen molar-refractivity contribution in [2.24, 2.45) is 4.99 Å². The molecule has 0 saturated carbocycles. The van der Waals surface area contributed by atoms with Crippen LogP contribution < -0.4 is 10.9 Å². The number of guanidine groups is 1. The number of rotatable bonds is 6. The van der Waals surface area contributed by atoms with Crippen LogP contribution in [0.1, 0.15) is 36.0 Å². The Kier molecular flexibility index (Phi) is 6.82. The van der Waals surface area contributed by atoms with E-state index in [9.17, 15) is 4.79 Å². The minimum Gasteiger partial charge on any atom is -0.357 e. The van der Waals surface area contributed by atoms with E-state index in [1.165, 1.54) is 11.1 Å². The third kappa shape index (κ3) is 5.43. The Morgan fingerprint density at radius 2 is 1.74 bits per heavy atom. The number of likely N-dealkylation sites (tertiary alicyclic amines) is 1. The van der Waals surface area contributed by atoms with Gasteiger partial charge >= 0.3 is 0 Å². The number of nitrogens with one attached hydrogen (secondary N) is 1. The summed E-state index contributed by atoms with van der Waals surface area (Å²) in [5, 5.41) is 3.45. The van der Waals surface area contributed by atoms with Crippen molar-refractivity contribution < 1.29 is 0 Å². The molecule has 5 heteroatoms. The lowest BCUT2D eigenvalue weighted by Gasteiger charge is -2.22. The Labute approximate surface area is 184 Å². The smallest absolute Gasteiger partial charge is 0.250 e. The Morgan fingerprint density at radius 3 is 2.48 bits per heavy atom. The highest BCUT2D eigenvalue weighted by Gasteiger charge is 2.25. The van der Waals surface area contributed by atoms with E-state index < -0.39 is 0 Å². The molecule has 3 aromatic rings. The zero-order valence-corrected chi connectivity index (χ0v) is 18.1. The lowest BCUT2D eigenvalue weighted by atomic mass is 9.99. The van der Waals surface area contributed by atoms with Gasteiger partial charge in [-0.25, -0.2) is 4.99 Å². The summed E-state index contributed by atoms with van der Waals surface area (Å²) in [6.45, 7) is 6.22. The molecule has 0 aliphatic carbocycles. The fourth-order valence-corrected chi connectivity index (χ4v) is 4.08. The topological polar surface area (TPSA) is 49.6 Å². The van der Waals surface area contributed by atoms with Crippen LogP contribution in [-0.2, 0) is 13.1 Å². The normalized spacial score (nSPS) is 16.5. The van der Waals surface area contributed by atoms with E-state index in [1.54, 1.807) is 16.7 Å². The Balaban J connectivity index is 1.39. The average Bonchev–Trinajstić information content (AvgIpc) is 3.30. The zero-order valence-electron chi connectivity index (χ0n) is 18.1. The van der Waals surface area contributed by atoms with Crippen LogP contribution in [0.5, 0.6) is 0 Å². The molecule has 1 fully saturated rings. The van der Waals surface area contributed by atoms with Gasteiger partial charge in [-0.1, -0.05) is 60.7 Å². The minimum absolute atomic E-state index is 0.0193. The predicted octanol–water partition coefficient (Wildman–Crippen LogP) is 3.85. The summed E-state index contributed by atoms with van der Waals surface area (Å²) in [4.78, 5) is 19.2. The Hall–Kier alpha value is -3.34. The van der Waals surface area contributed by atoms with Gasteiger partial charge in [0.2, 0.25) is 0 Å². The number of hydrogen-bond donors (Lipinski definition) is 1. The molecule has 0 spiro atoms. The van der Waals surface area contributed by atoms with Crippen LogP contribution in [0.15, 0.2) is 88.8 Å². The second-order valence-corrected chi connectivity index (χ2v) is 8.00. The second-order valence-electron chi connectivity index (χ2n) is 8.00. The molecule has 4 rings (SSSR count). The molecule has 0 amide bonds. The predicted molar refractivity (Wildman–Crippen MR) is 126 cm³/mol. The summed E-state index contributed by atoms with van der Waals surface area (Å²) in [7, 11) is 0. The lowest BCUT2D eigenvalue weighted by Crippen LogP contribution is -2.40. The molecule has 0 bridgehead atoms.